The third-order valence-electron chi connectivity index (χ3n) is 4.21. The average Bonchev–Trinajstić information content (AvgIpc) is 2.84. The molecule has 1 aromatic carbocycles. The highest BCUT2D eigenvalue weighted by Gasteiger charge is 2.37. The van der Waals surface area contributed by atoms with Crippen LogP contribution in [0.4, 0.5) is 11.4 Å². The van der Waals surface area contributed by atoms with E-state index in [0.29, 0.717) is 24.1 Å². The SMILES string of the molecule is CC(C)(C)c1cc2c(c([N+](=O)[O-])c1)N1CCCC1CO2. The van der Waals surface area contributed by atoms with Crippen LogP contribution in [0.1, 0.15) is 39.2 Å². The lowest BCUT2D eigenvalue weighted by atomic mass is 9.86. The normalized spacial score (nSPS) is 21.1. The molecule has 1 atom stereocenters. The van der Waals surface area contributed by atoms with E-state index in [0.717, 1.165) is 24.9 Å². The molecule has 1 aromatic rings. The van der Waals surface area contributed by atoms with E-state index in [9.17, 15) is 10.1 Å². The molecular formula is C15H20N2O3. The van der Waals surface area contributed by atoms with Crippen LogP contribution in [-0.2, 0) is 5.41 Å². The van der Waals surface area contributed by atoms with Gasteiger partial charge in [-0.05, 0) is 29.9 Å². The number of hydrogen-bond acceptors (Lipinski definition) is 4. The zero-order chi connectivity index (χ0) is 14.5. The molecule has 0 bridgehead atoms. The van der Waals surface area contributed by atoms with Gasteiger partial charge in [0.1, 0.15) is 12.4 Å². The van der Waals surface area contributed by atoms with Crippen molar-refractivity contribution in [2.45, 2.75) is 45.1 Å². The van der Waals surface area contributed by atoms with E-state index in [4.69, 9.17) is 4.74 Å². The first kappa shape index (κ1) is 13.2. The van der Waals surface area contributed by atoms with Crippen LogP contribution in [-0.4, -0.2) is 24.1 Å². The van der Waals surface area contributed by atoms with Gasteiger partial charge in [-0.2, -0.15) is 0 Å². The van der Waals surface area contributed by atoms with E-state index in [1.807, 2.05) is 6.07 Å². The van der Waals surface area contributed by atoms with Gasteiger partial charge >= 0.3 is 0 Å². The lowest BCUT2D eigenvalue weighted by molar-refractivity contribution is -0.384. The first-order valence-electron chi connectivity index (χ1n) is 7.10. The second-order valence-corrected chi connectivity index (χ2v) is 6.65. The monoisotopic (exact) mass is 276 g/mol. The minimum atomic E-state index is -0.280. The summed E-state index contributed by atoms with van der Waals surface area (Å²) < 4.78 is 5.82. The molecule has 1 unspecified atom stereocenters. The highest BCUT2D eigenvalue weighted by molar-refractivity contribution is 5.75. The molecule has 2 aliphatic heterocycles. The van der Waals surface area contributed by atoms with Crippen molar-refractivity contribution in [3.8, 4) is 5.75 Å². The Kier molecular flexibility index (Phi) is 2.88. The maximum absolute atomic E-state index is 11.5. The summed E-state index contributed by atoms with van der Waals surface area (Å²) in [4.78, 5) is 13.3. The molecule has 0 aliphatic carbocycles. The van der Waals surface area contributed by atoms with Gasteiger partial charge in [-0.1, -0.05) is 20.8 Å². The molecular weight excluding hydrogens is 256 g/mol. The smallest absolute Gasteiger partial charge is 0.296 e. The van der Waals surface area contributed by atoms with Crippen molar-refractivity contribution in [1.29, 1.82) is 0 Å². The van der Waals surface area contributed by atoms with Crippen LogP contribution in [0, 0.1) is 10.1 Å². The van der Waals surface area contributed by atoms with E-state index in [2.05, 4.69) is 25.7 Å². The Hall–Kier alpha value is -1.78. The van der Waals surface area contributed by atoms with Crippen molar-refractivity contribution in [1.82, 2.24) is 0 Å². The molecule has 0 radical (unpaired) electrons. The van der Waals surface area contributed by atoms with E-state index >= 15 is 0 Å². The van der Waals surface area contributed by atoms with Crippen LogP contribution < -0.4 is 9.64 Å². The summed E-state index contributed by atoms with van der Waals surface area (Å²) in [6.45, 7) is 7.69. The lowest BCUT2D eigenvalue weighted by Gasteiger charge is -2.34. The van der Waals surface area contributed by atoms with Gasteiger partial charge in [-0.25, -0.2) is 0 Å². The summed E-state index contributed by atoms with van der Waals surface area (Å²) >= 11 is 0. The van der Waals surface area contributed by atoms with E-state index in [1.54, 1.807) is 6.07 Å². The van der Waals surface area contributed by atoms with Gasteiger partial charge in [0.25, 0.3) is 5.69 Å². The maximum atomic E-state index is 11.5. The van der Waals surface area contributed by atoms with Crippen LogP contribution in [0.2, 0.25) is 0 Å². The topological polar surface area (TPSA) is 55.6 Å². The van der Waals surface area contributed by atoms with Gasteiger partial charge in [-0.3, -0.25) is 10.1 Å². The zero-order valence-corrected chi connectivity index (χ0v) is 12.2. The summed E-state index contributed by atoms with van der Waals surface area (Å²) in [7, 11) is 0. The molecule has 2 heterocycles. The standard InChI is InChI=1S/C15H20N2O3/c1-15(2,3)10-7-12(17(18)19)14-13(8-10)20-9-11-5-4-6-16(11)14/h7-8,11H,4-6,9H2,1-3H3. The predicted molar refractivity (Wildman–Crippen MR) is 77.7 cm³/mol. The molecule has 20 heavy (non-hydrogen) atoms. The summed E-state index contributed by atoms with van der Waals surface area (Å²) in [6, 6.07) is 3.97. The number of nitro benzene ring substituents is 1. The number of nitro groups is 1. The molecule has 2 aliphatic rings. The molecule has 0 amide bonds. The van der Waals surface area contributed by atoms with Gasteiger partial charge < -0.3 is 9.64 Å². The molecule has 0 N–H and O–H groups in total. The lowest BCUT2D eigenvalue weighted by Crippen LogP contribution is -2.38. The first-order chi connectivity index (χ1) is 9.38. The van der Waals surface area contributed by atoms with Crippen molar-refractivity contribution >= 4 is 11.4 Å². The fraction of sp³-hybridized carbons (Fsp3) is 0.600. The molecule has 0 spiro atoms. The summed E-state index contributed by atoms with van der Waals surface area (Å²) in [5, 5.41) is 11.5. The Labute approximate surface area is 118 Å². The van der Waals surface area contributed by atoms with E-state index < -0.39 is 0 Å². The third kappa shape index (κ3) is 2.01. The van der Waals surface area contributed by atoms with E-state index in [1.165, 1.54) is 0 Å². The van der Waals surface area contributed by atoms with Crippen molar-refractivity contribution < 1.29 is 9.66 Å². The molecule has 1 fully saturated rings. The predicted octanol–water partition coefficient (Wildman–Crippen LogP) is 3.25. The molecule has 3 rings (SSSR count). The van der Waals surface area contributed by atoms with Gasteiger partial charge in [0, 0.05) is 12.6 Å². The Balaban J connectivity index is 2.18. The fourth-order valence-electron chi connectivity index (χ4n) is 3.05. The van der Waals surface area contributed by atoms with Crippen molar-refractivity contribution in [3.05, 3.63) is 27.8 Å². The quantitative estimate of drug-likeness (QED) is 0.583. The highest BCUT2D eigenvalue weighted by Crippen LogP contribution is 2.46. The van der Waals surface area contributed by atoms with Crippen LogP contribution in [0.25, 0.3) is 0 Å². The third-order valence-corrected chi connectivity index (χ3v) is 4.21. The second kappa shape index (κ2) is 4.36. The van der Waals surface area contributed by atoms with Gasteiger partial charge in [-0.15, -0.1) is 0 Å². The Morgan fingerprint density at radius 3 is 2.80 bits per heavy atom. The molecule has 5 heteroatoms. The Morgan fingerprint density at radius 2 is 2.15 bits per heavy atom. The minimum Gasteiger partial charge on any atom is -0.489 e. The summed E-state index contributed by atoms with van der Waals surface area (Å²) in [5.74, 6) is 0.669. The van der Waals surface area contributed by atoms with Gasteiger partial charge in [0.05, 0.1) is 11.0 Å². The van der Waals surface area contributed by atoms with Crippen LogP contribution in [0.5, 0.6) is 5.75 Å². The number of anilines is 1. The minimum absolute atomic E-state index is 0.134. The first-order valence-corrected chi connectivity index (χ1v) is 7.10. The molecule has 5 nitrogen and oxygen atoms in total. The van der Waals surface area contributed by atoms with Crippen molar-refractivity contribution in [2.24, 2.45) is 0 Å². The Morgan fingerprint density at radius 1 is 1.40 bits per heavy atom. The molecule has 0 saturated carbocycles. The molecule has 1 saturated heterocycles. The van der Waals surface area contributed by atoms with Crippen LogP contribution in [0.15, 0.2) is 12.1 Å². The number of benzene rings is 1. The van der Waals surface area contributed by atoms with Crippen molar-refractivity contribution in [3.63, 3.8) is 0 Å². The highest BCUT2D eigenvalue weighted by atomic mass is 16.6. The number of rotatable bonds is 1. The van der Waals surface area contributed by atoms with Crippen molar-refractivity contribution in [2.75, 3.05) is 18.1 Å². The zero-order valence-electron chi connectivity index (χ0n) is 12.2. The number of fused-ring (bicyclic) bond motifs is 3. The summed E-state index contributed by atoms with van der Waals surface area (Å²) in [5.41, 5.74) is 1.67. The molecule has 0 aromatic heterocycles. The average molecular weight is 276 g/mol. The summed E-state index contributed by atoms with van der Waals surface area (Å²) in [6.07, 6.45) is 2.13. The van der Waals surface area contributed by atoms with Gasteiger partial charge in [0.15, 0.2) is 5.69 Å². The van der Waals surface area contributed by atoms with Crippen LogP contribution in [0.3, 0.4) is 0 Å². The fourth-order valence-corrected chi connectivity index (χ4v) is 3.05. The Bertz CT molecular complexity index is 563. The number of nitrogens with zero attached hydrogens (tertiary/aromatic N) is 2. The van der Waals surface area contributed by atoms with Gasteiger partial charge in [0.2, 0.25) is 0 Å². The second-order valence-electron chi connectivity index (χ2n) is 6.65. The number of ether oxygens (including phenoxy) is 1. The largest absolute Gasteiger partial charge is 0.489 e. The van der Waals surface area contributed by atoms with Crippen LogP contribution >= 0.6 is 0 Å². The molecule has 108 valence electrons. The van der Waals surface area contributed by atoms with E-state index in [-0.39, 0.29) is 16.0 Å². The number of hydrogen-bond donors (Lipinski definition) is 0. The maximum Gasteiger partial charge on any atom is 0.296 e.